The molecule has 0 bridgehead atoms. The first kappa shape index (κ1) is 13.3. The molecule has 2 aromatic carbocycles. The summed E-state index contributed by atoms with van der Waals surface area (Å²) in [5.41, 5.74) is 4.16. The highest BCUT2D eigenvalue weighted by molar-refractivity contribution is 6.50. The fourth-order valence-corrected chi connectivity index (χ4v) is 1.63. The van der Waals surface area contributed by atoms with E-state index in [1.54, 1.807) is 0 Å². The van der Waals surface area contributed by atoms with Gasteiger partial charge in [-0.25, -0.2) is 9.97 Å². The zero-order chi connectivity index (χ0) is 13.9. The van der Waals surface area contributed by atoms with Crippen LogP contribution < -0.4 is 4.98 Å². The van der Waals surface area contributed by atoms with E-state index in [0.29, 0.717) is 0 Å². The second-order valence-electron chi connectivity index (χ2n) is 3.77. The minimum Gasteiger partial charge on any atom is -0.418 e. The van der Waals surface area contributed by atoms with Crippen LogP contribution in [0.1, 0.15) is 0 Å². The Morgan fingerprint density at radius 3 is 1.53 bits per heavy atom. The van der Waals surface area contributed by atoms with Crippen molar-refractivity contribution in [2.24, 2.45) is 0 Å². The van der Waals surface area contributed by atoms with Gasteiger partial charge in [-0.15, -0.1) is 0 Å². The van der Waals surface area contributed by atoms with E-state index >= 15 is 0 Å². The molecule has 2 nitrogen and oxygen atoms in total. The molecule has 3 rings (SSSR count). The Hall–Kier alpha value is -2.18. The number of para-hydroxylation sites is 4. The molecule has 0 spiro atoms. The summed E-state index contributed by atoms with van der Waals surface area (Å²) in [4.78, 5) is 7.89. The summed E-state index contributed by atoms with van der Waals surface area (Å²) >= 11 is 0. The molecule has 0 radical (unpaired) electrons. The number of fused-ring (bicyclic) bond motifs is 2. The first-order chi connectivity index (χ1) is 8.93. The number of H-pyrrole nitrogens is 1. The summed E-state index contributed by atoms with van der Waals surface area (Å²) in [5.74, 6) is 0. The molecule has 0 saturated heterocycles. The van der Waals surface area contributed by atoms with Gasteiger partial charge >= 0.3 is 7.25 Å². The second-order valence-corrected chi connectivity index (χ2v) is 3.77. The van der Waals surface area contributed by atoms with Crippen molar-refractivity contribution in [3.63, 3.8) is 0 Å². The van der Waals surface area contributed by atoms with Crippen LogP contribution in [0.3, 0.4) is 0 Å². The summed E-state index contributed by atoms with van der Waals surface area (Å²) in [7, 11) is -6.00. The summed E-state index contributed by atoms with van der Waals surface area (Å²) in [6, 6.07) is 16.1. The fourth-order valence-electron chi connectivity index (χ4n) is 1.63. The Morgan fingerprint density at radius 2 is 1.11 bits per heavy atom. The lowest BCUT2D eigenvalue weighted by atomic mass is 10.2. The number of nitrogens with one attached hydrogen (secondary N) is 1. The molecule has 0 fully saturated rings. The molecular formula is C12H9BF4N2. The minimum absolute atomic E-state index is 1.01. The Morgan fingerprint density at radius 1 is 0.737 bits per heavy atom. The fraction of sp³-hybridized carbons (Fsp3) is 0. The topological polar surface area (TPSA) is 27.0 Å². The molecule has 1 heterocycles. The number of benzene rings is 2. The number of nitrogens with zero attached hydrogens (tertiary/aromatic N) is 1. The molecule has 0 aliphatic heterocycles. The zero-order valence-corrected chi connectivity index (χ0v) is 9.66. The normalized spacial score (nSPS) is 11.2. The predicted octanol–water partition coefficient (Wildman–Crippen LogP) is 3.50. The molecule has 1 aromatic heterocycles. The van der Waals surface area contributed by atoms with Crippen molar-refractivity contribution in [2.75, 3.05) is 0 Å². The van der Waals surface area contributed by atoms with Crippen LogP contribution in [0.4, 0.5) is 17.3 Å². The van der Waals surface area contributed by atoms with Gasteiger partial charge in [-0.2, -0.15) is 0 Å². The van der Waals surface area contributed by atoms with Gasteiger partial charge in [0, 0.05) is 12.1 Å². The molecule has 3 aromatic rings. The van der Waals surface area contributed by atoms with Crippen LogP contribution in [0.5, 0.6) is 0 Å². The molecular weight excluding hydrogens is 259 g/mol. The van der Waals surface area contributed by atoms with Gasteiger partial charge in [-0.1, -0.05) is 24.3 Å². The van der Waals surface area contributed by atoms with Crippen molar-refractivity contribution in [3.05, 3.63) is 48.5 Å². The van der Waals surface area contributed by atoms with Crippen molar-refractivity contribution >= 4 is 29.3 Å². The van der Waals surface area contributed by atoms with E-state index < -0.39 is 7.25 Å². The van der Waals surface area contributed by atoms with Crippen molar-refractivity contribution < 1.29 is 22.2 Å². The van der Waals surface area contributed by atoms with E-state index in [0.717, 1.165) is 22.1 Å². The molecule has 0 aliphatic carbocycles. The van der Waals surface area contributed by atoms with Crippen LogP contribution in [0.15, 0.2) is 48.5 Å². The van der Waals surface area contributed by atoms with Crippen LogP contribution in [0.2, 0.25) is 0 Å². The molecule has 0 amide bonds. The third-order valence-corrected chi connectivity index (χ3v) is 2.32. The zero-order valence-electron chi connectivity index (χ0n) is 9.66. The van der Waals surface area contributed by atoms with Gasteiger partial charge in [-0.3, -0.25) is 0 Å². The summed E-state index contributed by atoms with van der Waals surface area (Å²) < 4.78 is 39.0. The van der Waals surface area contributed by atoms with Crippen molar-refractivity contribution in [1.82, 2.24) is 4.98 Å². The van der Waals surface area contributed by atoms with E-state index in [9.17, 15) is 17.3 Å². The lowest BCUT2D eigenvalue weighted by Gasteiger charge is -1.94. The Kier molecular flexibility index (Phi) is 3.64. The van der Waals surface area contributed by atoms with E-state index in [1.165, 1.54) is 0 Å². The van der Waals surface area contributed by atoms with Crippen molar-refractivity contribution in [1.29, 1.82) is 0 Å². The lowest BCUT2D eigenvalue weighted by molar-refractivity contribution is -0.310. The molecule has 7 heteroatoms. The van der Waals surface area contributed by atoms with Gasteiger partial charge in [0.15, 0.2) is 0 Å². The highest BCUT2D eigenvalue weighted by Gasteiger charge is 2.20. The maximum Gasteiger partial charge on any atom is 0.673 e. The maximum absolute atomic E-state index is 9.75. The van der Waals surface area contributed by atoms with E-state index in [4.69, 9.17) is 0 Å². The molecule has 98 valence electrons. The minimum atomic E-state index is -6.00. The average Bonchev–Trinajstić information content (AvgIpc) is 2.34. The monoisotopic (exact) mass is 268 g/mol. The Bertz CT molecular complexity index is 589. The van der Waals surface area contributed by atoms with Gasteiger partial charge in [0.05, 0.1) is 0 Å². The first-order valence-electron chi connectivity index (χ1n) is 5.47. The first-order valence-corrected chi connectivity index (χ1v) is 5.47. The van der Waals surface area contributed by atoms with Crippen LogP contribution in [0, 0.1) is 0 Å². The number of aromatic amines is 1. The quantitative estimate of drug-likeness (QED) is 0.348. The number of hydrogen-bond donors (Lipinski definition) is 0. The third kappa shape index (κ3) is 3.91. The van der Waals surface area contributed by atoms with E-state index in [1.807, 2.05) is 48.5 Å². The summed E-state index contributed by atoms with van der Waals surface area (Å²) in [5, 5.41) is 0. The Balaban J connectivity index is 0.000000232. The van der Waals surface area contributed by atoms with E-state index in [2.05, 4.69) is 9.97 Å². The predicted molar refractivity (Wildman–Crippen MR) is 66.0 cm³/mol. The molecule has 19 heavy (non-hydrogen) atoms. The summed E-state index contributed by atoms with van der Waals surface area (Å²) in [6.07, 6.45) is 0. The van der Waals surface area contributed by atoms with Crippen LogP contribution >= 0.6 is 0 Å². The molecule has 0 saturated carbocycles. The van der Waals surface area contributed by atoms with Gasteiger partial charge in [0.25, 0.3) is 0 Å². The molecule has 0 atom stereocenters. The molecule has 0 aliphatic rings. The largest absolute Gasteiger partial charge is 0.673 e. The third-order valence-electron chi connectivity index (χ3n) is 2.32. The highest BCUT2D eigenvalue weighted by atomic mass is 19.5. The molecule has 1 N–H and O–H groups in total. The van der Waals surface area contributed by atoms with Crippen LogP contribution in [0.25, 0.3) is 22.1 Å². The van der Waals surface area contributed by atoms with Gasteiger partial charge < -0.3 is 17.3 Å². The number of hydrogen-bond acceptors (Lipinski definition) is 1. The number of halogens is 4. The van der Waals surface area contributed by atoms with Crippen LogP contribution in [-0.4, -0.2) is 12.2 Å². The second kappa shape index (κ2) is 5.21. The summed E-state index contributed by atoms with van der Waals surface area (Å²) in [6.45, 7) is 0. The average molecular weight is 268 g/mol. The van der Waals surface area contributed by atoms with Crippen LogP contribution in [-0.2, 0) is 0 Å². The van der Waals surface area contributed by atoms with Crippen molar-refractivity contribution in [2.45, 2.75) is 0 Å². The maximum atomic E-state index is 9.75. The van der Waals surface area contributed by atoms with Crippen molar-refractivity contribution in [3.8, 4) is 0 Å². The number of aromatic nitrogens is 2. The smallest absolute Gasteiger partial charge is 0.418 e. The standard InChI is InChI=1S/C12H8N2.BF4/c1-2-6-10-9(5-1)13-11-7-3-4-8-12(11)14-10;2-1(3,4)5/h1-8H;/q;-1/p+1. The molecule has 0 unspecified atom stereocenters. The lowest BCUT2D eigenvalue weighted by Crippen LogP contribution is -2.06. The van der Waals surface area contributed by atoms with Gasteiger partial charge in [0.1, 0.15) is 11.0 Å². The van der Waals surface area contributed by atoms with E-state index in [-0.39, 0.29) is 0 Å². The van der Waals surface area contributed by atoms with Gasteiger partial charge in [-0.05, 0) is 12.1 Å². The SMILES string of the molecule is F[B-](F)(F)F.c1ccc2[nH+]c3ccccc3nc2c1. The van der Waals surface area contributed by atoms with Gasteiger partial charge in [0.2, 0.25) is 11.0 Å². The Labute approximate surface area is 106 Å². The number of rotatable bonds is 0. The highest BCUT2D eigenvalue weighted by Crippen LogP contribution is 2.11.